The molecule has 30 heavy (non-hydrogen) atoms. The molecule has 0 bridgehead atoms. The highest BCUT2D eigenvalue weighted by atomic mass is 32.2. The first-order valence-electron chi connectivity index (χ1n) is 10.0. The van der Waals surface area contributed by atoms with E-state index in [4.69, 9.17) is 11.4 Å². The van der Waals surface area contributed by atoms with Crippen LogP contribution in [0.5, 0.6) is 5.75 Å². The monoisotopic (exact) mass is 443 g/mol. The number of phenolic OH excluding ortho intramolecular Hbond substituents is 1. The number of para-hydroxylation sites is 1. The predicted molar refractivity (Wildman–Crippen MR) is 122 cm³/mol. The first kappa shape index (κ1) is 21.2. The van der Waals surface area contributed by atoms with Crippen LogP contribution in [0.25, 0.3) is 0 Å². The van der Waals surface area contributed by atoms with Gasteiger partial charge >= 0.3 is 0 Å². The number of terminal acetylenes is 1. The molecule has 1 fully saturated rings. The van der Waals surface area contributed by atoms with Crippen LogP contribution in [0.2, 0.25) is 0 Å². The minimum absolute atomic E-state index is 0.0378. The normalized spacial score (nSPS) is 26.9. The van der Waals surface area contributed by atoms with Crippen molar-refractivity contribution in [3.05, 3.63) is 29.8 Å². The van der Waals surface area contributed by atoms with Gasteiger partial charge < -0.3 is 10.4 Å². The number of hydrogen-bond donors (Lipinski definition) is 2. The van der Waals surface area contributed by atoms with Crippen LogP contribution in [0.15, 0.2) is 39.5 Å². The summed E-state index contributed by atoms with van der Waals surface area (Å²) >= 11 is 3.43. The molecule has 0 aliphatic carbocycles. The van der Waals surface area contributed by atoms with E-state index in [1.54, 1.807) is 29.6 Å². The van der Waals surface area contributed by atoms with Crippen molar-refractivity contribution >= 4 is 34.5 Å². The molecule has 0 saturated carbocycles. The van der Waals surface area contributed by atoms with E-state index >= 15 is 0 Å². The van der Waals surface area contributed by atoms with Crippen molar-refractivity contribution in [1.29, 1.82) is 0 Å². The van der Waals surface area contributed by atoms with Gasteiger partial charge in [-0.2, -0.15) is 10.2 Å². The van der Waals surface area contributed by atoms with Crippen molar-refractivity contribution in [2.75, 3.05) is 25.1 Å². The smallest absolute Gasteiger partial charge is 0.238 e. The lowest BCUT2D eigenvalue weighted by Crippen LogP contribution is -2.47. The highest BCUT2D eigenvalue weighted by Gasteiger charge is 2.42. The van der Waals surface area contributed by atoms with Crippen LogP contribution in [-0.4, -0.2) is 69.2 Å². The molecule has 3 heterocycles. The summed E-state index contributed by atoms with van der Waals surface area (Å²) in [6, 6.07) is 7.20. The molecule has 1 amide bonds. The maximum Gasteiger partial charge on any atom is 0.238 e. The molecule has 1 aromatic carbocycles. The summed E-state index contributed by atoms with van der Waals surface area (Å²) in [6.45, 7) is 0.547. The lowest BCUT2D eigenvalue weighted by molar-refractivity contribution is -0.125. The Morgan fingerprint density at radius 1 is 1.37 bits per heavy atom. The molecule has 1 aromatic rings. The summed E-state index contributed by atoms with van der Waals surface area (Å²) in [4.78, 5) is 19.7. The molecular formula is C21H25N5O2S2. The van der Waals surface area contributed by atoms with Gasteiger partial charge in [0.1, 0.15) is 10.8 Å². The van der Waals surface area contributed by atoms with Crippen molar-refractivity contribution in [2.45, 2.75) is 42.4 Å². The number of aliphatic imine (C=N–C) groups is 1. The fraction of sp³-hybridized carbons (Fsp3) is 0.524. The summed E-state index contributed by atoms with van der Waals surface area (Å²) in [7, 11) is 1.99. The summed E-state index contributed by atoms with van der Waals surface area (Å²) < 4.78 is 0. The number of amides is 1. The minimum Gasteiger partial charge on any atom is -0.507 e. The van der Waals surface area contributed by atoms with E-state index in [2.05, 4.69) is 26.4 Å². The number of thioether (sulfide) groups is 2. The van der Waals surface area contributed by atoms with Crippen molar-refractivity contribution in [3.8, 4) is 18.1 Å². The van der Waals surface area contributed by atoms with Gasteiger partial charge in [0.05, 0.1) is 17.5 Å². The number of phenols is 1. The maximum atomic E-state index is 12.7. The van der Waals surface area contributed by atoms with Crippen molar-refractivity contribution in [1.82, 2.24) is 10.2 Å². The largest absolute Gasteiger partial charge is 0.507 e. The number of hydrogen-bond acceptors (Lipinski definition) is 8. The molecule has 158 valence electrons. The lowest BCUT2D eigenvalue weighted by atomic mass is 10.0. The second-order valence-corrected chi connectivity index (χ2v) is 9.82. The summed E-state index contributed by atoms with van der Waals surface area (Å²) in [6.07, 6.45) is 7.41. The molecule has 2 N–H and O–H groups in total. The molecule has 7 nitrogen and oxygen atoms in total. The van der Waals surface area contributed by atoms with Gasteiger partial charge in [0.15, 0.2) is 5.66 Å². The number of likely N-dealkylation sites (N-methyl/N-ethyl adjacent to an activating group) is 1. The van der Waals surface area contributed by atoms with Crippen LogP contribution in [0.1, 0.15) is 24.8 Å². The zero-order valence-electron chi connectivity index (χ0n) is 16.8. The predicted octanol–water partition coefficient (Wildman–Crippen LogP) is 2.71. The first-order valence-corrected chi connectivity index (χ1v) is 12.0. The Bertz CT molecular complexity index is 907. The minimum atomic E-state index is -0.367. The molecule has 0 aromatic heterocycles. The molecule has 0 radical (unpaired) electrons. The van der Waals surface area contributed by atoms with Crippen LogP contribution in [-0.2, 0) is 4.79 Å². The molecule has 3 aliphatic heterocycles. The van der Waals surface area contributed by atoms with Gasteiger partial charge in [-0.1, -0.05) is 12.1 Å². The van der Waals surface area contributed by atoms with Gasteiger partial charge in [-0.25, -0.2) is 0 Å². The highest BCUT2D eigenvalue weighted by Crippen LogP contribution is 2.38. The van der Waals surface area contributed by atoms with Crippen LogP contribution < -0.4 is 5.32 Å². The number of carbonyl (C=O) groups is 1. The van der Waals surface area contributed by atoms with E-state index in [-0.39, 0.29) is 34.8 Å². The Morgan fingerprint density at radius 3 is 2.90 bits per heavy atom. The van der Waals surface area contributed by atoms with Crippen molar-refractivity contribution < 1.29 is 9.90 Å². The van der Waals surface area contributed by atoms with E-state index in [0.29, 0.717) is 19.4 Å². The fourth-order valence-electron chi connectivity index (χ4n) is 3.75. The average Bonchev–Trinajstić information content (AvgIpc) is 3.15. The molecule has 1 saturated heterocycles. The lowest BCUT2D eigenvalue weighted by Gasteiger charge is -2.26. The highest BCUT2D eigenvalue weighted by molar-refractivity contribution is 8.14. The van der Waals surface area contributed by atoms with Gasteiger partial charge in [0, 0.05) is 42.9 Å². The summed E-state index contributed by atoms with van der Waals surface area (Å²) in [5.74, 6) is 4.50. The van der Waals surface area contributed by atoms with Gasteiger partial charge in [-0.05, 0) is 19.2 Å². The Hall–Kier alpha value is -2.02. The topological polar surface area (TPSA) is 89.6 Å². The average molecular weight is 444 g/mol. The van der Waals surface area contributed by atoms with Crippen LogP contribution >= 0.6 is 23.5 Å². The number of nitrogens with one attached hydrogen (secondary N) is 1. The number of aromatic hydroxyl groups is 1. The third kappa shape index (κ3) is 4.51. The van der Waals surface area contributed by atoms with Gasteiger partial charge in [-0.3, -0.25) is 14.7 Å². The molecule has 0 spiro atoms. The van der Waals surface area contributed by atoms with Crippen LogP contribution in [0.4, 0.5) is 0 Å². The Labute approximate surface area is 185 Å². The maximum absolute atomic E-state index is 12.7. The van der Waals surface area contributed by atoms with Crippen LogP contribution in [0, 0.1) is 12.3 Å². The van der Waals surface area contributed by atoms with E-state index in [1.165, 1.54) is 0 Å². The standard InChI is InChI=1S/C21H25N5O2S2/c1-3-4-9-21(24-25-21)10-11-22-18(28)16-13-30-20(26(16)2)15-12-29-19(23-15)14-7-5-6-8-17(14)27/h1,5-8,15-16,20,27H,4,9-13H2,2H3,(H,22,28)/t15-,16+,20-/m1/s1. The van der Waals surface area contributed by atoms with Crippen molar-refractivity contribution in [3.63, 3.8) is 0 Å². The molecule has 3 aliphatic rings. The Morgan fingerprint density at radius 2 is 2.17 bits per heavy atom. The van der Waals surface area contributed by atoms with Gasteiger partial charge in [0.25, 0.3) is 0 Å². The molecule has 9 heteroatoms. The number of nitrogens with zero attached hydrogens (tertiary/aromatic N) is 4. The third-order valence-corrected chi connectivity index (χ3v) is 8.24. The van der Waals surface area contributed by atoms with Crippen LogP contribution in [0.3, 0.4) is 0 Å². The zero-order chi connectivity index (χ0) is 21.1. The zero-order valence-corrected chi connectivity index (χ0v) is 18.5. The summed E-state index contributed by atoms with van der Waals surface area (Å²) in [5.41, 5.74) is 0.410. The third-order valence-electron chi connectivity index (χ3n) is 5.64. The van der Waals surface area contributed by atoms with E-state index in [0.717, 1.165) is 28.5 Å². The SMILES string of the molecule is C#CCCC1(CCNC(=O)[C@@H]2CS[C@H]([C@H]3CSC(c4ccccc4O)=N3)N2C)N=N1. The molecular weight excluding hydrogens is 418 g/mol. The molecule has 4 rings (SSSR count). The summed E-state index contributed by atoms with van der Waals surface area (Å²) in [5, 5.41) is 22.4. The first-order chi connectivity index (χ1) is 14.5. The molecule has 3 atom stereocenters. The van der Waals surface area contributed by atoms with E-state index in [1.807, 2.05) is 25.2 Å². The molecule has 0 unspecified atom stereocenters. The second-order valence-electron chi connectivity index (χ2n) is 7.66. The fourth-order valence-corrected chi connectivity index (χ4v) is 6.53. The Kier molecular flexibility index (Phi) is 6.37. The second kappa shape index (κ2) is 9.00. The van der Waals surface area contributed by atoms with Gasteiger partial charge in [-0.15, -0.1) is 35.9 Å². The number of rotatable bonds is 8. The number of benzene rings is 1. The van der Waals surface area contributed by atoms with E-state index in [9.17, 15) is 9.90 Å². The van der Waals surface area contributed by atoms with Gasteiger partial charge in [0.2, 0.25) is 5.91 Å². The Balaban J connectivity index is 1.30. The van der Waals surface area contributed by atoms with Crippen molar-refractivity contribution in [2.24, 2.45) is 15.2 Å². The quantitative estimate of drug-likeness (QED) is 0.603. The van der Waals surface area contributed by atoms with E-state index < -0.39 is 0 Å². The number of carbonyl (C=O) groups excluding carboxylic acids is 1.